The summed E-state index contributed by atoms with van der Waals surface area (Å²) < 4.78 is 26.8. The summed E-state index contributed by atoms with van der Waals surface area (Å²) in [7, 11) is -2.46. The number of anilines is 1. The average Bonchev–Trinajstić information content (AvgIpc) is 2.25. The van der Waals surface area contributed by atoms with Crippen molar-refractivity contribution >= 4 is 22.0 Å². The van der Waals surface area contributed by atoms with E-state index in [2.05, 4.69) is 9.71 Å². The molecule has 0 spiro atoms. The first-order valence-corrected chi connectivity index (χ1v) is 6.65. The fourth-order valence-electron chi connectivity index (χ4n) is 1.18. The molecule has 0 aliphatic rings. The zero-order valence-corrected chi connectivity index (χ0v) is 10.9. The lowest BCUT2D eigenvalue weighted by Gasteiger charge is -2.16. The lowest BCUT2D eigenvalue weighted by atomic mass is 10.4. The van der Waals surface area contributed by atoms with E-state index in [-0.39, 0.29) is 18.8 Å². The van der Waals surface area contributed by atoms with E-state index in [1.54, 1.807) is 19.1 Å². The molecule has 0 saturated heterocycles. The van der Waals surface area contributed by atoms with Crippen LogP contribution >= 0.6 is 0 Å². The van der Waals surface area contributed by atoms with Gasteiger partial charge in [0.2, 0.25) is 0 Å². The first kappa shape index (κ1) is 14.4. The van der Waals surface area contributed by atoms with Crippen LogP contribution in [0, 0.1) is 6.92 Å². The van der Waals surface area contributed by atoms with Crippen LogP contribution in [-0.4, -0.2) is 42.4 Å². The van der Waals surface area contributed by atoms with Crippen LogP contribution in [0.1, 0.15) is 12.1 Å². The van der Waals surface area contributed by atoms with Gasteiger partial charge >= 0.3 is 16.2 Å². The predicted octanol–water partition coefficient (Wildman–Crippen LogP) is 0.453. The highest BCUT2D eigenvalue weighted by atomic mass is 32.2. The van der Waals surface area contributed by atoms with Crippen molar-refractivity contribution < 1.29 is 18.3 Å². The molecule has 0 radical (unpaired) electrons. The number of aromatic nitrogens is 1. The van der Waals surface area contributed by atoms with Gasteiger partial charge in [-0.15, -0.1) is 0 Å². The summed E-state index contributed by atoms with van der Waals surface area (Å²) >= 11 is 0. The average molecular weight is 273 g/mol. The van der Waals surface area contributed by atoms with E-state index in [0.29, 0.717) is 5.69 Å². The highest BCUT2D eigenvalue weighted by molar-refractivity contribution is 7.90. The van der Waals surface area contributed by atoms with Crippen molar-refractivity contribution in [3.63, 3.8) is 0 Å². The minimum atomic E-state index is -3.77. The molecule has 0 aliphatic carbocycles. The summed E-state index contributed by atoms with van der Waals surface area (Å²) in [6, 6.07) is 4.94. The van der Waals surface area contributed by atoms with E-state index >= 15 is 0 Å². The van der Waals surface area contributed by atoms with Gasteiger partial charge in [-0.05, 0) is 19.1 Å². The Bertz CT molecular complexity index is 530. The summed E-state index contributed by atoms with van der Waals surface area (Å²) in [5.41, 5.74) is 0.684. The number of carbonyl (C=O) groups is 1. The number of nitrogens with one attached hydrogen (secondary N) is 1. The van der Waals surface area contributed by atoms with E-state index < -0.39 is 16.2 Å². The number of pyridine rings is 1. The minimum Gasteiger partial charge on any atom is -0.481 e. The van der Waals surface area contributed by atoms with E-state index in [1.807, 2.05) is 0 Å². The number of hydrogen-bond acceptors (Lipinski definition) is 4. The molecular formula is C10H15N3O4S. The van der Waals surface area contributed by atoms with E-state index in [1.165, 1.54) is 13.1 Å². The van der Waals surface area contributed by atoms with Crippen LogP contribution in [0.3, 0.4) is 0 Å². The number of aliphatic carboxylic acids is 1. The molecule has 1 heterocycles. The maximum Gasteiger partial charge on any atom is 0.304 e. The normalized spacial score (nSPS) is 11.5. The lowest BCUT2D eigenvalue weighted by molar-refractivity contribution is -0.137. The Morgan fingerprint density at radius 3 is 2.72 bits per heavy atom. The Morgan fingerprint density at radius 1 is 1.50 bits per heavy atom. The Morgan fingerprint density at radius 2 is 2.17 bits per heavy atom. The van der Waals surface area contributed by atoms with Crippen LogP contribution in [0.2, 0.25) is 0 Å². The summed E-state index contributed by atoms with van der Waals surface area (Å²) in [6.45, 7) is 1.64. The van der Waals surface area contributed by atoms with Gasteiger partial charge in [-0.25, -0.2) is 4.98 Å². The molecular weight excluding hydrogens is 258 g/mol. The summed E-state index contributed by atoms with van der Waals surface area (Å²) in [6.07, 6.45) is -0.251. The zero-order chi connectivity index (χ0) is 13.8. The van der Waals surface area contributed by atoms with Crippen molar-refractivity contribution in [3.8, 4) is 0 Å². The second-order valence-electron chi connectivity index (χ2n) is 3.74. The van der Waals surface area contributed by atoms with Gasteiger partial charge in [-0.3, -0.25) is 9.52 Å². The van der Waals surface area contributed by atoms with Gasteiger partial charge in [0.25, 0.3) is 0 Å². The lowest BCUT2D eigenvalue weighted by Crippen LogP contribution is -2.34. The number of carboxylic acid groups (broad SMARTS) is 1. The van der Waals surface area contributed by atoms with Crippen LogP contribution in [-0.2, 0) is 15.0 Å². The molecule has 100 valence electrons. The van der Waals surface area contributed by atoms with E-state index in [4.69, 9.17) is 5.11 Å². The molecule has 1 aromatic heterocycles. The topological polar surface area (TPSA) is 99.6 Å². The largest absolute Gasteiger partial charge is 0.481 e. The zero-order valence-electron chi connectivity index (χ0n) is 10.1. The Balaban J connectivity index is 2.72. The molecule has 2 N–H and O–H groups in total. The second kappa shape index (κ2) is 5.78. The number of hydrogen-bond donors (Lipinski definition) is 2. The third kappa shape index (κ3) is 4.30. The van der Waals surface area contributed by atoms with Gasteiger partial charge in [0.1, 0.15) is 5.82 Å². The van der Waals surface area contributed by atoms with Crippen LogP contribution in [0.15, 0.2) is 18.2 Å². The highest BCUT2D eigenvalue weighted by Gasteiger charge is 2.18. The maximum atomic E-state index is 11.8. The number of carboxylic acids is 1. The van der Waals surface area contributed by atoms with Gasteiger partial charge in [0, 0.05) is 19.3 Å². The van der Waals surface area contributed by atoms with E-state index in [9.17, 15) is 13.2 Å². The Hall–Kier alpha value is -1.67. The Kier molecular flexibility index (Phi) is 4.62. The monoisotopic (exact) mass is 273 g/mol. The number of nitrogens with zero attached hydrogens (tertiary/aromatic N) is 2. The fraction of sp³-hybridized carbons (Fsp3) is 0.400. The molecule has 7 nitrogen and oxygen atoms in total. The number of rotatable bonds is 6. The molecule has 8 heteroatoms. The first-order valence-electron chi connectivity index (χ1n) is 5.21. The third-order valence-corrected chi connectivity index (χ3v) is 3.64. The van der Waals surface area contributed by atoms with Crippen LogP contribution in [0.4, 0.5) is 5.82 Å². The molecule has 0 bridgehead atoms. The maximum absolute atomic E-state index is 11.8. The number of aryl methyl sites for hydroxylation is 1. The molecule has 0 fully saturated rings. The van der Waals surface area contributed by atoms with Crippen molar-refractivity contribution in [1.29, 1.82) is 0 Å². The van der Waals surface area contributed by atoms with Gasteiger partial charge in [0.15, 0.2) is 0 Å². The first-order chi connectivity index (χ1) is 8.31. The van der Waals surface area contributed by atoms with Crippen molar-refractivity contribution in [2.75, 3.05) is 18.3 Å². The molecule has 0 atom stereocenters. The third-order valence-electron chi connectivity index (χ3n) is 2.17. The van der Waals surface area contributed by atoms with Gasteiger partial charge in [0.05, 0.1) is 6.42 Å². The fourth-order valence-corrected chi connectivity index (χ4v) is 2.05. The molecule has 0 aliphatic heterocycles. The van der Waals surface area contributed by atoms with Gasteiger partial charge < -0.3 is 5.11 Å². The van der Waals surface area contributed by atoms with Crippen molar-refractivity contribution in [2.24, 2.45) is 0 Å². The Labute approximate surface area is 106 Å². The van der Waals surface area contributed by atoms with Gasteiger partial charge in [-0.2, -0.15) is 12.7 Å². The van der Waals surface area contributed by atoms with E-state index in [0.717, 1.165) is 4.31 Å². The minimum absolute atomic E-state index is 0.101. The molecule has 0 aromatic carbocycles. The SMILES string of the molecule is Cc1cccc(NS(=O)(=O)N(C)CCC(=O)O)n1. The molecule has 1 aromatic rings. The molecule has 1 rings (SSSR count). The predicted molar refractivity (Wildman–Crippen MR) is 66.4 cm³/mol. The van der Waals surface area contributed by atoms with Crippen molar-refractivity contribution in [2.45, 2.75) is 13.3 Å². The quantitative estimate of drug-likeness (QED) is 0.784. The molecule has 18 heavy (non-hydrogen) atoms. The standard InChI is InChI=1S/C10H15N3O4S/c1-8-4-3-5-9(11-8)12-18(16,17)13(2)7-6-10(14)15/h3-5H,6-7H2,1-2H3,(H,11,12)(H,14,15). The van der Waals surface area contributed by atoms with Crippen molar-refractivity contribution in [3.05, 3.63) is 23.9 Å². The second-order valence-corrected chi connectivity index (χ2v) is 5.51. The highest BCUT2D eigenvalue weighted by Crippen LogP contribution is 2.08. The smallest absolute Gasteiger partial charge is 0.304 e. The van der Waals surface area contributed by atoms with Gasteiger partial charge in [-0.1, -0.05) is 6.07 Å². The molecule has 0 amide bonds. The summed E-state index contributed by atoms with van der Waals surface area (Å²) in [5.74, 6) is -0.845. The summed E-state index contributed by atoms with van der Waals surface area (Å²) in [5, 5.41) is 8.50. The summed E-state index contributed by atoms with van der Waals surface area (Å²) in [4.78, 5) is 14.4. The molecule has 0 saturated carbocycles. The van der Waals surface area contributed by atoms with Crippen molar-refractivity contribution in [1.82, 2.24) is 9.29 Å². The van der Waals surface area contributed by atoms with Crippen LogP contribution in [0.5, 0.6) is 0 Å². The molecule has 0 unspecified atom stereocenters. The van der Waals surface area contributed by atoms with Crippen LogP contribution < -0.4 is 4.72 Å². The van der Waals surface area contributed by atoms with Crippen LogP contribution in [0.25, 0.3) is 0 Å².